The molecule has 1 rings (SSSR count). The second kappa shape index (κ2) is 9.16. The molecule has 1 aliphatic rings. The number of nitrogens with one attached hydrogen (secondary N) is 1. The molecule has 1 atom stereocenters. The van der Waals surface area contributed by atoms with Crippen LogP contribution in [0.2, 0.25) is 0 Å². The van der Waals surface area contributed by atoms with Gasteiger partial charge in [-0.2, -0.15) is 0 Å². The van der Waals surface area contributed by atoms with E-state index in [0.717, 1.165) is 36.6 Å². The Hall–Kier alpha value is 0.180. The molecule has 0 amide bonds. The standard InChI is InChI=1S/C11H20BrN3O.HI/c1-9(12)6-14-11(13-2)15(3)7-10-4-5-16-8-10;/h10H,1,4-8H2,2-3H3,(H,13,14);1H. The van der Waals surface area contributed by atoms with Crippen LogP contribution in [0.4, 0.5) is 0 Å². The van der Waals surface area contributed by atoms with Gasteiger partial charge in [-0.25, -0.2) is 0 Å². The molecule has 1 N–H and O–H groups in total. The fourth-order valence-corrected chi connectivity index (χ4v) is 1.90. The fraction of sp³-hybridized carbons (Fsp3) is 0.727. The normalized spacial score (nSPS) is 19.7. The van der Waals surface area contributed by atoms with E-state index in [1.54, 1.807) is 7.05 Å². The number of aliphatic imine (C=N–C) groups is 1. The highest BCUT2D eigenvalue weighted by Crippen LogP contribution is 2.13. The third-order valence-corrected chi connectivity index (χ3v) is 2.85. The molecule has 0 radical (unpaired) electrons. The largest absolute Gasteiger partial charge is 0.381 e. The zero-order valence-corrected chi connectivity index (χ0v) is 14.3. The lowest BCUT2D eigenvalue weighted by molar-refractivity contribution is 0.181. The number of ether oxygens (including phenoxy) is 1. The van der Waals surface area contributed by atoms with Crippen molar-refractivity contribution < 1.29 is 4.74 Å². The maximum Gasteiger partial charge on any atom is 0.193 e. The van der Waals surface area contributed by atoms with Crippen LogP contribution in [-0.4, -0.2) is 51.3 Å². The Morgan fingerprint density at radius 1 is 1.65 bits per heavy atom. The van der Waals surface area contributed by atoms with E-state index in [4.69, 9.17) is 4.74 Å². The summed E-state index contributed by atoms with van der Waals surface area (Å²) in [4.78, 5) is 6.36. The molecule has 0 aliphatic carbocycles. The lowest BCUT2D eigenvalue weighted by Gasteiger charge is -2.24. The van der Waals surface area contributed by atoms with Crippen LogP contribution < -0.4 is 5.32 Å². The molecule has 6 heteroatoms. The van der Waals surface area contributed by atoms with Gasteiger partial charge in [0.05, 0.1) is 6.61 Å². The van der Waals surface area contributed by atoms with Crippen molar-refractivity contribution in [1.82, 2.24) is 10.2 Å². The lowest BCUT2D eigenvalue weighted by atomic mass is 10.1. The van der Waals surface area contributed by atoms with E-state index in [1.807, 2.05) is 7.05 Å². The molecule has 1 saturated heterocycles. The first-order valence-corrected chi connectivity index (χ1v) is 6.25. The Morgan fingerprint density at radius 2 is 2.35 bits per heavy atom. The highest BCUT2D eigenvalue weighted by atomic mass is 127. The molecule has 0 aromatic rings. The van der Waals surface area contributed by atoms with E-state index in [1.165, 1.54) is 0 Å². The van der Waals surface area contributed by atoms with Crippen molar-refractivity contribution in [1.29, 1.82) is 0 Å². The predicted molar refractivity (Wildman–Crippen MR) is 86.4 cm³/mol. The minimum atomic E-state index is 0. The van der Waals surface area contributed by atoms with E-state index in [2.05, 4.69) is 37.7 Å². The quantitative estimate of drug-likeness (QED) is 0.432. The zero-order valence-electron chi connectivity index (χ0n) is 10.4. The summed E-state index contributed by atoms with van der Waals surface area (Å²) in [6.07, 6.45) is 1.15. The summed E-state index contributed by atoms with van der Waals surface area (Å²) >= 11 is 3.32. The third kappa shape index (κ3) is 6.61. The van der Waals surface area contributed by atoms with Gasteiger partial charge >= 0.3 is 0 Å². The first kappa shape index (κ1) is 17.2. The van der Waals surface area contributed by atoms with Gasteiger partial charge in [-0.1, -0.05) is 22.5 Å². The molecule has 0 bridgehead atoms. The first-order chi connectivity index (χ1) is 7.63. The number of hydrogen-bond donors (Lipinski definition) is 1. The van der Waals surface area contributed by atoms with Crippen LogP contribution in [0.3, 0.4) is 0 Å². The van der Waals surface area contributed by atoms with Gasteiger partial charge in [0.1, 0.15) is 0 Å². The number of halogens is 2. The van der Waals surface area contributed by atoms with Crippen molar-refractivity contribution in [3.63, 3.8) is 0 Å². The van der Waals surface area contributed by atoms with E-state index in [9.17, 15) is 0 Å². The van der Waals surface area contributed by atoms with E-state index >= 15 is 0 Å². The third-order valence-electron chi connectivity index (χ3n) is 2.57. The van der Waals surface area contributed by atoms with Crippen molar-refractivity contribution in [3.05, 3.63) is 11.1 Å². The molecular formula is C11H21BrIN3O. The predicted octanol–water partition coefficient (Wildman–Crippen LogP) is 2.06. The Bertz CT molecular complexity index is 267. The van der Waals surface area contributed by atoms with Crippen LogP contribution in [0.1, 0.15) is 6.42 Å². The Labute approximate surface area is 129 Å². The molecule has 4 nitrogen and oxygen atoms in total. The molecule has 1 aliphatic heterocycles. The number of guanidine groups is 1. The van der Waals surface area contributed by atoms with E-state index in [-0.39, 0.29) is 24.0 Å². The molecule has 1 fully saturated rings. The topological polar surface area (TPSA) is 36.9 Å². The fourth-order valence-electron chi connectivity index (χ4n) is 1.76. The Kier molecular flexibility index (Phi) is 9.25. The van der Waals surface area contributed by atoms with Gasteiger partial charge in [-0.3, -0.25) is 4.99 Å². The van der Waals surface area contributed by atoms with Gasteiger partial charge in [0.2, 0.25) is 0 Å². The summed E-state index contributed by atoms with van der Waals surface area (Å²) in [5.74, 6) is 1.52. The van der Waals surface area contributed by atoms with Crippen LogP contribution in [0.25, 0.3) is 0 Å². The van der Waals surface area contributed by atoms with Crippen LogP contribution >= 0.6 is 39.9 Å². The van der Waals surface area contributed by atoms with Gasteiger partial charge in [-0.15, -0.1) is 24.0 Å². The summed E-state index contributed by atoms with van der Waals surface area (Å²) in [5.41, 5.74) is 0. The second-order valence-corrected chi connectivity index (χ2v) is 5.15. The Balaban J connectivity index is 0.00000256. The summed E-state index contributed by atoms with van der Waals surface area (Å²) < 4.78 is 6.28. The van der Waals surface area contributed by atoms with Crippen LogP contribution in [0.5, 0.6) is 0 Å². The molecular weight excluding hydrogens is 397 g/mol. The highest BCUT2D eigenvalue weighted by Gasteiger charge is 2.18. The van der Waals surface area contributed by atoms with Crippen molar-refractivity contribution in [2.45, 2.75) is 6.42 Å². The maximum atomic E-state index is 5.36. The number of hydrogen-bond acceptors (Lipinski definition) is 2. The van der Waals surface area contributed by atoms with Gasteiger partial charge in [-0.05, 0) is 6.42 Å². The smallest absolute Gasteiger partial charge is 0.193 e. The number of rotatable bonds is 4. The number of nitrogens with zero attached hydrogens (tertiary/aromatic N) is 2. The Morgan fingerprint density at radius 3 is 2.82 bits per heavy atom. The minimum Gasteiger partial charge on any atom is -0.381 e. The molecule has 1 unspecified atom stereocenters. The van der Waals surface area contributed by atoms with Crippen molar-refractivity contribution in [3.8, 4) is 0 Å². The first-order valence-electron chi connectivity index (χ1n) is 5.46. The second-order valence-electron chi connectivity index (χ2n) is 4.03. The maximum absolute atomic E-state index is 5.36. The molecule has 100 valence electrons. The van der Waals surface area contributed by atoms with E-state index < -0.39 is 0 Å². The van der Waals surface area contributed by atoms with Gasteiger partial charge in [0.15, 0.2) is 5.96 Å². The van der Waals surface area contributed by atoms with Crippen molar-refractivity contribution >= 4 is 45.9 Å². The average Bonchev–Trinajstić information content (AvgIpc) is 2.71. The van der Waals surface area contributed by atoms with Crippen LogP contribution in [0, 0.1) is 5.92 Å². The summed E-state index contributed by atoms with van der Waals surface area (Å²) in [5, 5.41) is 3.23. The van der Waals surface area contributed by atoms with Crippen molar-refractivity contribution in [2.24, 2.45) is 10.9 Å². The highest BCUT2D eigenvalue weighted by molar-refractivity contribution is 14.0. The van der Waals surface area contributed by atoms with Crippen molar-refractivity contribution in [2.75, 3.05) is 40.4 Å². The van der Waals surface area contributed by atoms with Gasteiger partial charge in [0.25, 0.3) is 0 Å². The lowest BCUT2D eigenvalue weighted by Crippen LogP contribution is -2.41. The zero-order chi connectivity index (χ0) is 12.0. The molecule has 1 heterocycles. The molecule has 0 saturated carbocycles. The van der Waals surface area contributed by atoms with Gasteiger partial charge < -0.3 is 15.0 Å². The molecule has 0 aromatic heterocycles. The molecule has 0 aromatic carbocycles. The summed E-state index contributed by atoms with van der Waals surface area (Å²) in [7, 11) is 3.84. The monoisotopic (exact) mass is 417 g/mol. The minimum absolute atomic E-state index is 0. The SMILES string of the molecule is C=C(Br)CNC(=NC)N(C)CC1CCOC1.I. The average molecular weight is 418 g/mol. The van der Waals surface area contributed by atoms with Gasteiger partial charge in [0, 0.05) is 44.2 Å². The van der Waals surface area contributed by atoms with Crippen LogP contribution in [-0.2, 0) is 4.74 Å². The van der Waals surface area contributed by atoms with E-state index in [0.29, 0.717) is 12.5 Å². The summed E-state index contributed by atoms with van der Waals surface area (Å²) in [6, 6.07) is 0. The molecule has 17 heavy (non-hydrogen) atoms. The molecule has 0 spiro atoms. The summed E-state index contributed by atoms with van der Waals surface area (Å²) in [6.45, 7) is 7.22. The van der Waals surface area contributed by atoms with Crippen LogP contribution in [0.15, 0.2) is 16.1 Å².